The van der Waals surface area contributed by atoms with Crippen molar-refractivity contribution in [2.75, 3.05) is 0 Å². The lowest BCUT2D eigenvalue weighted by Gasteiger charge is -2.07. The molecule has 0 aromatic heterocycles. The molecule has 0 spiro atoms. The Hall–Kier alpha value is -0.780. The van der Waals surface area contributed by atoms with Crippen molar-refractivity contribution in [3.8, 4) is 0 Å². The normalized spacial score (nSPS) is 10.6. The standard InChI is InChI=1S/C13H5Br2ClF2O/c14-7-2-1-3-10(17)12(7)13(19)6-4-9(16)8(15)5-11(6)18/h1-5H. The lowest BCUT2D eigenvalue weighted by Crippen LogP contribution is -2.08. The SMILES string of the molecule is O=C(c1cc(Cl)c(Br)cc1F)c1c(F)cccc1Br. The molecular formula is C13H5Br2ClF2O. The number of hydrogen-bond acceptors (Lipinski definition) is 1. The van der Waals surface area contributed by atoms with Crippen molar-refractivity contribution in [3.05, 3.63) is 67.1 Å². The summed E-state index contributed by atoms with van der Waals surface area (Å²) in [5.41, 5.74) is -0.501. The zero-order valence-electron chi connectivity index (χ0n) is 9.18. The van der Waals surface area contributed by atoms with Gasteiger partial charge in [0.15, 0.2) is 5.78 Å². The Balaban J connectivity index is 2.60. The summed E-state index contributed by atoms with van der Waals surface area (Å²) in [6.07, 6.45) is 0. The van der Waals surface area contributed by atoms with E-state index in [4.69, 9.17) is 11.6 Å². The largest absolute Gasteiger partial charge is 0.288 e. The van der Waals surface area contributed by atoms with E-state index >= 15 is 0 Å². The van der Waals surface area contributed by atoms with Crippen molar-refractivity contribution in [2.24, 2.45) is 0 Å². The Morgan fingerprint density at radius 3 is 2.37 bits per heavy atom. The van der Waals surface area contributed by atoms with Crippen LogP contribution in [0.15, 0.2) is 39.3 Å². The van der Waals surface area contributed by atoms with Crippen LogP contribution in [0.3, 0.4) is 0 Å². The predicted molar refractivity (Wildman–Crippen MR) is 76.6 cm³/mol. The molecule has 2 aromatic rings. The molecule has 2 aromatic carbocycles. The molecule has 0 N–H and O–H groups in total. The smallest absolute Gasteiger partial charge is 0.200 e. The summed E-state index contributed by atoms with van der Waals surface area (Å²) in [7, 11) is 0. The van der Waals surface area contributed by atoms with E-state index in [2.05, 4.69) is 31.9 Å². The van der Waals surface area contributed by atoms with E-state index in [1.165, 1.54) is 18.2 Å². The molecule has 0 saturated carbocycles. The fourth-order valence-corrected chi connectivity index (χ4v) is 2.55. The van der Waals surface area contributed by atoms with E-state index in [9.17, 15) is 13.6 Å². The monoisotopic (exact) mass is 408 g/mol. The number of ketones is 1. The number of carbonyl (C=O) groups is 1. The quantitative estimate of drug-likeness (QED) is 0.480. The van der Waals surface area contributed by atoms with E-state index in [0.717, 1.165) is 12.1 Å². The molecule has 2 rings (SSSR count). The summed E-state index contributed by atoms with van der Waals surface area (Å²) in [6.45, 7) is 0. The first-order valence-electron chi connectivity index (χ1n) is 5.05. The average molecular weight is 410 g/mol. The molecule has 0 radical (unpaired) electrons. The second kappa shape index (κ2) is 5.69. The number of rotatable bonds is 2. The lowest BCUT2D eigenvalue weighted by atomic mass is 10.0. The van der Waals surface area contributed by atoms with E-state index in [0.29, 0.717) is 4.47 Å². The van der Waals surface area contributed by atoms with Crippen LogP contribution in [0.1, 0.15) is 15.9 Å². The van der Waals surface area contributed by atoms with Crippen LogP contribution < -0.4 is 0 Å². The summed E-state index contributed by atoms with van der Waals surface area (Å²) in [4.78, 5) is 12.2. The highest BCUT2D eigenvalue weighted by atomic mass is 79.9. The highest BCUT2D eigenvalue weighted by molar-refractivity contribution is 9.10. The van der Waals surface area contributed by atoms with Crippen LogP contribution >= 0.6 is 43.5 Å². The van der Waals surface area contributed by atoms with Crippen LogP contribution in [0.5, 0.6) is 0 Å². The highest BCUT2D eigenvalue weighted by Gasteiger charge is 2.21. The van der Waals surface area contributed by atoms with Gasteiger partial charge in [0.25, 0.3) is 0 Å². The van der Waals surface area contributed by atoms with Crippen LogP contribution in [-0.2, 0) is 0 Å². The van der Waals surface area contributed by atoms with Crippen LogP contribution in [0, 0.1) is 11.6 Å². The molecule has 0 amide bonds. The van der Waals surface area contributed by atoms with Crippen LogP contribution in [0.4, 0.5) is 8.78 Å². The van der Waals surface area contributed by atoms with Crippen molar-refractivity contribution in [3.63, 3.8) is 0 Å². The minimum Gasteiger partial charge on any atom is -0.288 e. The van der Waals surface area contributed by atoms with Gasteiger partial charge in [0.05, 0.1) is 16.1 Å². The second-order valence-electron chi connectivity index (χ2n) is 3.67. The van der Waals surface area contributed by atoms with Crippen molar-refractivity contribution in [2.45, 2.75) is 0 Å². The van der Waals surface area contributed by atoms with Gasteiger partial charge in [-0.25, -0.2) is 8.78 Å². The molecule has 6 heteroatoms. The van der Waals surface area contributed by atoms with Gasteiger partial charge in [-0.05, 0) is 56.1 Å². The van der Waals surface area contributed by atoms with Gasteiger partial charge in [-0.15, -0.1) is 0 Å². The van der Waals surface area contributed by atoms with Crippen molar-refractivity contribution in [1.29, 1.82) is 0 Å². The second-order valence-corrected chi connectivity index (χ2v) is 5.79. The summed E-state index contributed by atoms with van der Waals surface area (Å²) < 4.78 is 28.1. The van der Waals surface area contributed by atoms with Gasteiger partial charge in [-0.2, -0.15) is 0 Å². The lowest BCUT2D eigenvalue weighted by molar-refractivity contribution is 0.103. The van der Waals surface area contributed by atoms with Crippen LogP contribution in [0.2, 0.25) is 5.02 Å². The van der Waals surface area contributed by atoms with E-state index < -0.39 is 17.4 Å². The first-order valence-corrected chi connectivity index (χ1v) is 7.01. The topological polar surface area (TPSA) is 17.1 Å². The fourth-order valence-electron chi connectivity index (χ4n) is 1.55. The molecule has 0 fully saturated rings. The molecule has 1 nitrogen and oxygen atoms in total. The Kier molecular flexibility index (Phi) is 4.38. The summed E-state index contributed by atoms with van der Waals surface area (Å²) >= 11 is 12.0. The molecule has 0 aliphatic heterocycles. The first-order chi connectivity index (χ1) is 8.91. The van der Waals surface area contributed by atoms with Crippen LogP contribution in [0.25, 0.3) is 0 Å². The van der Waals surface area contributed by atoms with E-state index in [1.807, 2.05) is 0 Å². The average Bonchev–Trinajstić information content (AvgIpc) is 2.33. The highest BCUT2D eigenvalue weighted by Crippen LogP contribution is 2.29. The molecule has 0 atom stereocenters. The van der Waals surface area contributed by atoms with Gasteiger partial charge in [0, 0.05) is 8.95 Å². The maximum atomic E-state index is 13.8. The number of carbonyl (C=O) groups excluding carboxylic acids is 1. The number of halogens is 5. The summed E-state index contributed by atoms with van der Waals surface area (Å²) in [6, 6.07) is 6.33. The van der Waals surface area contributed by atoms with Gasteiger partial charge in [0.2, 0.25) is 0 Å². The predicted octanol–water partition coefficient (Wildman–Crippen LogP) is 5.37. The minimum absolute atomic E-state index is 0.178. The summed E-state index contributed by atoms with van der Waals surface area (Å²) in [5, 5.41) is 0.178. The first kappa shape index (κ1) is 14.6. The molecule has 0 saturated heterocycles. The van der Waals surface area contributed by atoms with Crippen molar-refractivity contribution >= 4 is 49.2 Å². The number of hydrogen-bond donors (Lipinski definition) is 0. The third kappa shape index (κ3) is 2.88. The molecule has 0 aliphatic rings. The molecular weight excluding hydrogens is 405 g/mol. The van der Waals surface area contributed by atoms with Gasteiger partial charge >= 0.3 is 0 Å². The van der Waals surface area contributed by atoms with Crippen molar-refractivity contribution < 1.29 is 13.6 Å². The van der Waals surface area contributed by atoms with E-state index in [1.54, 1.807) is 0 Å². The molecule has 0 heterocycles. The maximum Gasteiger partial charge on any atom is 0.200 e. The third-order valence-electron chi connectivity index (χ3n) is 2.44. The van der Waals surface area contributed by atoms with Gasteiger partial charge < -0.3 is 0 Å². The minimum atomic E-state index is -0.767. The molecule has 0 bridgehead atoms. The Morgan fingerprint density at radius 2 is 1.74 bits per heavy atom. The molecule has 98 valence electrons. The molecule has 19 heavy (non-hydrogen) atoms. The fraction of sp³-hybridized carbons (Fsp3) is 0. The Morgan fingerprint density at radius 1 is 1.05 bits per heavy atom. The van der Waals surface area contributed by atoms with E-state index in [-0.39, 0.29) is 20.6 Å². The maximum absolute atomic E-state index is 13.8. The van der Waals surface area contributed by atoms with Gasteiger partial charge in [-0.3, -0.25) is 4.79 Å². The van der Waals surface area contributed by atoms with Gasteiger partial charge in [0.1, 0.15) is 11.6 Å². The zero-order chi connectivity index (χ0) is 14.2. The van der Waals surface area contributed by atoms with Crippen LogP contribution in [-0.4, -0.2) is 5.78 Å². The molecule has 0 aliphatic carbocycles. The molecule has 0 unspecified atom stereocenters. The zero-order valence-corrected chi connectivity index (χ0v) is 13.1. The Bertz CT molecular complexity index is 654. The summed E-state index contributed by atoms with van der Waals surface area (Å²) in [5.74, 6) is -2.26. The van der Waals surface area contributed by atoms with Gasteiger partial charge in [-0.1, -0.05) is 17.7 Å². The Labute approximate surface area is 129 Å². The third-order valence-corrected chi connectivity index (χ3v) is 4.30. The number of benzene rings is 2. The van der Waals surface area contributed by atoms with Crippen molar-refractivity contribution in [1.82, 2.24) is 0 Å².